The van der Waals surface area contributed by atoms with Gasteiger partial charge in [-0.1, -0.05) is 30.3 Å². The van der Waals surface area contributed by atoms with Crippen LogP contribution in [-0.2, 0) is 16.7 Å². The number of rotatable bonds is 6. The van der Waals surface area contributed by atoms with Crippen molar-refractivity contribution in [2.24, 2.45) is 0 Å². The van der Waals surface area contributed by atoms with E-state index in [1.807, 2.05) is 12.1 Å². The van der Waals surface area contributed by atoms with Crippen LogP contribution in [0.5, 0.6) is 0 Å². The molecule has 2 N–H and O–H groups in total. The number of aromatic nitrogens is 5. The summed E-state index contributed by atoms with van der Waals surface area (Å²) in [7, 11) is -4.60. The van der Waals surface area contributed by atoms with Crippen LogP contribution in [0.15, 0.2) is 83.9 Å². The van der Waals surface area contributed by atoms with Crippen LogP contribution in [0.25, 0.3) is 33.7 Å². The van der Waals surface area contributed by atoms with Crippen LogP contribution in [-0.4, -0.2) is 43.0 Å². The van der Waals surface area contributed by atoms with Crippen LogP contribution in [0, 0.1) is 10.1 Å². The molecule has 0 atom stereocenters. The molecule has 5 rings (SSSR count). The van der Waals surface area contributed by atoms with Crippen molar-refractivity contribution in [3.63, 3.8) is 0 Å². The lowest BCUT2D eigenvalue weighted by Gasteiger charge is -2.06. The van der Waals surface area contributed by atoms with E-state index in [2.05, 4.69) is 15.2 Å². The number of tetrazole rings is 1. The van der Waals surface area contributed by atoms with Gasteiger partial charge in [0.15, 0.2) is 11.4 Å². The number of benzene rings is 3. The first-order valence-electron chi connectivity index (χ1n) is 10.5. The first-order valence-corrected chi connectivity index (χ1v) is 11.9. The zero-order chi connectivity index (χ0) is 25.4. The van der Waals surface area contributed by atoms with Crippen LogP contribution >= 0.6 is 0 Å². The van der Waals surface area contributed by atoms with Crippen molar-refractivity contribution in [1.29, 1.82) is 0 Å². The first kappa shape index (κ1) is 23.2. The van der Waals surface area contributed by atoms with Crippen molar-refractivity contribution >= 4 is 26.7 Å². The number of pyridine rings is 1. The van der Waals surface area contributed by atoms with Gasteiger partial charge in [0.25, 0.3) is 15.8 Å². The van der Waals surface area contributed by atoms with E-state index >= 15 is 0 Å². The first-order chi connectivity index (χ1) is 17.3. The molecule has 180 valence electrons. The average Bonchev–Trinajstić information content (AvgIpc) is 3.32. The summed E-state index contributed by atoms with van der Waals surface area (Å²) in [6, 6.07) is 18.6. The van der Waals surface area contributed by atoms with E-state index in [1.165, 1.54) is 46.0 Å². The minimum atomic E-state index is -4.60. The van der Waals surface area contributed by atoms with Gasteiger partial charge in [-0.3, -0.25) is 19.7 Å². The predicted molar refractivity (Wildman–Crippen MR) is 126 cm³/mol. The summed E-state index contributed by atoms with van der Waals surface area (Å²) < 4.78 is 33.8. The van der Waals surface area contributed by atoms with E-state index in [4.69, 9.17) is 0 Å². The molecule has 2 aromatic heterocycles. The summed E-state index contributed by atoms with van der Waals surface area (Å²) in [5, 5.41) is 31.0. The number of nitro benzene ring substituents is 1. The lowest BCUT2D eigenvalue weighted by molar-refractivity contribution is -0.734. The van der Waals surface area contributed by atoms with Gasteiger partial charge < -0.3 is 5.11 Å². The standard InChI is InChI=1S/C23H16N6O6S/c30-14-16-13-17(29(31)32)10-11-19(16)27-25-23(18-7-1-2-9-21(18)36(33,34)35)26-28(27)20-8-3-5-15-6-4-12-24-22(15)20/h1-13,30H,14H2/p+1. The van der Waals surface area contributed by atoms with Crippen molar-refractivity contribution < 1.29 is 27.8 Å². The third kappa shape index (κ3) is 4.07. The van der Waals surface area contributed by atoms with Gasteiger partial charge in [0.1, 0.15) is 10.4 Å². The monoisotopic (exact) mass is 505 g/mol. The summed E-state index contributed by atoms with van der Waals surface area (Å²) >= 11 is 0. The summed E-state index contributed by atoms with van der Waals surface area (Å²) in [6.07, 6.45) is 1.60. The number of aliphatic hydroxyl groups is 1. The maximum atomic E-state index is 12.0. The maximum absolute atomic E-state index is 12.0. The molecule has 3 aromatic carbocycles. The van der Waals surface area contributed by atoms with Gasteiger partial charge >= 0.3 is 5.82 Å². The second-order valence-electron chi connectivity index (χ2n) is 7.65. The smallest absolute Gasteiger partial charge is 0.341 e. The average molecular weight is 505 g/mol. The largest absolute Gasteiger partial charge is 0.392 e. The Bertz CT molecular complexity index is 1750. The molecule has 0 radical (unpaired) electrons. The minimum Gasteiger partial charge on any atom is -0.392 e. The number of non-ortho nitro benzene ring substituents is 1. The number of hydrogen-bond acceptors (Lipinski definition) is 8. The fraction of sp³-hybridized carbons (Fsp3) is 0.0435. The van der Waals surface area contributed by atoms with E-state index in [9.17, 15) is 28.2 Å². The Kier molecular flexibility index (Phi) is 5.72. The molecule has 0 bridgehead atoms. The number of para-hydroxylation sites is 1. The number of fused-ring (bicyclic) bond motifs is 1. The topological polar surface area (TPSA) is 165 Å². The Morgan fingerprint density at radius 1 is 1.03 bits per heavy atom. The Morgan fingerprint density at radius 3 is 2.56 bits per heavy atom. The van der Waals surface area contributed by atoms with E-state index in [-0.39, 0.29) is 28.3 Å². The molecule has 2 heterocycles. The van der Waals surface area contributed by atoms with Crippen molar-refractivity contribution in [3.05, 3.63) is 94.7 Å². The molecule has 0 aliphatic carbocycles. The summed E-state index contributed by atoms with van der Waals surface area (Å²) in [6.45, 7) is -0.540. The molecule has 0 aliphatic rings. The zero-order valence-electron chi connectivity index (χ0n) is 18.3. The number of aliphatic hydroxyl groups excluding tert-OH is 1. The van der Waals surface area contributed by atoms with Gasteiger partial charge in [-0.25, -0.2) is 0 Å². The molecule has 0 unspecified atom stereocenters. The van der Waals surface area contributed by atoms with Crippen LogP contribution in [0.4, 0.5) is 5.69 Å². The molecule has 5 aromatic rings. The fourth-order valence-corrected chi connectivity index (χ4v) is 4.52. The molecular formula is C23H17N6O6S+. The molecule has 0 spiro atoms. The van der Waals surface area contributed by atoms with Crippen LogP contribution in [0.3, 0.4) is 0 Å². The molecule has 0 fully saturated rings. The molecule has 13 heteroatoms. The van der Waals surface area contributed by atoms with Gasteiger partial charge in [-0.2, -0.15) is 8.42 Å². The molecule has 0 saturated heterocycles. The van der Waals surface area contributed by atoms with Crippen molar-refractivity contribution in [2.45, 2.75) is 11.5 Å². The van der Waals surface area contributed by atoms with E-state index < -0.39 is 26.5 Å². The SMILES string of the molecule is O=[N+]([O-])c1ccc(-[n+]2nc(-c3ccccc3S(=O)(=O)O)nn2-c2cccc3cccnc23)c(CO)c1. The number of nitrogens with zero attached hydrogens (tertiary/aromatic N) is 6. The summed E-state index contributed by atoms with van der Waals surface area (Å²) in [5.74, 6) is -0.0570. The Labute approximate surface area is 203 Å². The van der Waals surface area contributed by atoms with Crippen molar-refractivity contribution in [2.75, 3.05) is 0 Å². The summed E-state index contributed by atoms with van der Waals surface area (Å²) in [5.41, 5.74) is 1.29. The number of nitro groups is 1. The highest BCUT2D eigenvalue weighted by Gasteiger charge is 2.30. The fourth-order valence-electron chi connectivity index (χ4n) is 3.84. The second-order valence-corrected chi connectivity index (χ2v) is 9.04. The third-order valence-corrected chi connectivity index (χ3v) is 6.36. The van der Waals surface area contributed by atoms with Crippen molar-refractivity contribution in [3.8, 4) is 22.8 Å². The molecule has 36 heavy (non-hydrogen) atoms. The van der Waals surface area contributed by atoms with Gasteiger partial charge in [0, 0.05) is 34.1 Å². The van der Waals surface area contributed by atoms with Gasteiger partial charge in [0.05, 0.1) is 22.2 Å². The lowest BCUT2D eigenvalue weighted by Crippen LogP contribution is -2.44. The second kappa shape index (κ2) is 8.88. The molecular weight excluding hydrogens is 488 g/mol. The lowest BCUT2D eigenvalue weighted by atomic mass is 10.1. The van der Waals surface area contributed by atoms with Crippen LogP contribution in [0.1, 0.15) is 5.56 Å². The normalized spacial score (nSPS) is 11.6. The Morgan fingerprint density at radius 2 is 1.81 bits per heavy atom. The molecule has 0 saturated carbocycles. The van der Waals surface area contributed by atoms with Gasteiger partial charge in [-0.05, 0) is 40.2 Å². The zero-order valence-corrected chi connectivity index (χ0v) is 19.1. The third-order valence-electron chi connectivity index (χ3n) is 5.45. The van der Waals surface area contributed by atoms with Gasteiger partial charge in [-0.15, -0.1) is 0 Å². The van der Waals surface area contributed by atoms with Crippen LogP contribution in [0.2, 0.25) is 0 Å². The highest BCUT2D eigenvalue weighted by atomic mass is 32.2. The Hall–Kier alpha value is -4.59. The van der Waals surface area contributed by atoms with Crippen LogP contribution < -0.4 is 4.80 Å². The van der Waals surface area contributed by atoms with Gasteiger partial charge in [0.2, 0.25) is 0 Å². The van der Waals surface area contributed by atoms with Crippen molar-refractivity contribution in [1.82, 2.24) is 20.0 Å². The highest BCUT2D eigenvalue weighted by molar-refractivity contribution is 7.86. The molecule has 12 nitrogen and oxygen atoms in total. The summed E-state index contributed by atoms with van der Waals surface area (Å²) in [4.78, 5) is 17.4. The highest BCUT2D eigenvalue weighted by Crippen LogP contribution is 2.26. The molecule has 0 amide bonds. The minimum absolute atomic E-state index is 0.0353. The quantitative estimate of drug-likeness (QED) is 0.152. The van der Waals surface area contributed by atoms with E-state index in [1.54, 1.807) is 30.5 Å². The maximum Gasteiger partial charge on any atom is 0.341 e. The number of hydrogen-bond donors (Lipinski definition) is 2. The Balaban J connectivity index is 1.84. The van der Waals surface area contributed by atoms with E-state index in [0.29, 0.717) is 11.2 Å². The molecule has 0 aliphatic heterocycles. The predicted octanol–water partition coefficient (Wildman–Crippen LogP) is 2.41. The van der Waals surface area contributed by atoms with E-state index in [0.717, 1.165) is 5.39 Å².